The van der Waals surface area contributed by atoms with Crippen molar-refractivity contribution in [1.82, 2.24) is 10.4 Å². The summed E-state index contributed by atoms with van der Waals surface area (Å²) in [6, 6.07) is -0.620. The zero-order valence-corrected chi connectivity index (χ0v) is 12.1. The van der Waals surface area contributed by atoms with Crippen molar-refractivity contribution in [1.29, 1.82) is 0 Å². The van der Waals surface area contributed by atoms with Crippen molar-refractivity contribution in [3.8, 4) is 0 Å². The molecule has 19 heavy (non-hydrogen) atoms. The molecule has 1 amide bonds. The van der Waals surface area contributed by atoms with Crippen LogP contribution in [0.1, 0.15) is 40.0 Å². The molecular weight excluding hydrogens is 248 g/mol. The number of nitrogens with one attached hydrogen (secondary N) is 1. The molecule has 0 aromatic heterocycles. The number of hydrazine groups is 1. The van der Waals surface area contributed by atoms with E-state index < -0.39 is 17.9 Å². The minimum absolute atomic E-state index is 0.242. The van der Waals surface area contributed by atoms with E-state index in [0.717, 1.165) is 12.8 Å². The topological polar surface area (TPSA) is 75.7 Å². The number of nitrogens with zero attached hydrogens (tertiary/aromatic N) is 1. The fourth-order valence-electron chi connectivity index (χ4n) is 1.62. The molecule has 1 atom stereocenters. The van der Waals surface area contributed by atoms with Gasteiger partial charge in [0.15, 0.2) is 0 Å². The number of hydrogen-bond acceptors (Lipinski definition) is 5. The van der Waals surface area contributed by atoms with Gasteiger partial charge in [-0.15, -0.1) is 0 Å². The Bertz CT molecular complexity index is 305. The summed E-state index contributed by atoms with van der Waals surface area (Å²) >= 11 is 0. The summed E-state index contributed by atoms with van der Waals surface area (Å²) in [5.74, 6) is -0.851. The maximum Gasteiger partial charge on any atom is 0.324 e. The van der Waals surface area contributed by atoms with Gasteiger partial charge < -0.3 is 4.74 Å². The van der Waals surface area contributed by atoms with Crippen molar-refractivity contribution in [2.24, 2.45) is 5.92 Å². The number of carbonyl (C=O) groups is 3. The van der Waals surface area contributed by atoms with E-state index in [1.165, 1.54) is 12.1 Å². The molecule has 1 N–H and O–H groups in total. The normalized spacial score (nSPS) is 12.1. The maximum absolute atomic E-state index is 11.7. The Morgan fingerprint density at radius 3 is 2.42 bits per heavy atom. The smallest absolute Gasteiger partial charge is 0.324 e. The minimum atomic E-state index is -0.675. The van der Waals surface area contributed by atoms with E-state index in [2.05, 4.69) is 5.43 Å². The quantitative estimate of drug-likeness (QED) is 0.292. The van der Waals surface area contributed by atoms with Crippen LogP contribution in [0.2, 0.25) is 0 Å². The van der Waals surface area contributed by atoms with Crippen molar-refractivity contribution in [3.05, 3.63) is 0 Å². The zero-order valence-electron chi connectivity index (χ0n) is 12.1. The largest absolute Gasteiger partial charge is 0.468 e. The molecule has 110 valence electrons. The summed E-state index contributed by atoms with van der Waals surface area (Å²) in [5.41, 5.74) is 2.80. The highest BCUT2D eigenvalue weighted by atomic mass is 16.5. The lowest BCUT2D eigenvalue weighted by molar-refractivity contribution is -0.149. The SMILES string of the molecule is CCCCN(N[C@@H](CC(C)C)C(=O)OC)C(=O)C=O. The van der Waals surface area contributed by atoms with Gasteiger partial charge in [0, 0.05) is 6.54 Å². The van der Waals surface area contributed by atoms with Crippen molar-refractivity contribution in [3.63, 3.8) is 0 Å². The molecule has 0 bridgehead atoms. The highest BCUT2D eigenvalue weighted by molar-refractivity contribution is 6.23. The van der Waals surface area contributed by atoms with Crippen LogP contribution >= 0.6 is 0 Å². The number of aldehydes is 1. The molecule has 0 radical (unpaired) electrons. The molecule has 0 aliphatic rings. The van der Waals surface area contributed by atoms with Gasteiger partial charge in [0.2, 0.25) is 6.29 Å². The Hall–Kier alpha value is -1.43. The van der Waals surface area contributed by atoms with E-state index in [1.807, 2.05) is 20.8 Å². The monoisotopic (exact) mass is 272 g/mol. The second kappa shape index (κ2) is 9.49. The van der Waals surface area contributed by atoms with Gasteiger partial charge in [-0.1, -0.05) is 27.2 Å². The van der Waals surface area contributed by atoms with E-state index in [9.17, 15) is 14.4 Å². The Morgan fingerprint density at radius 1 is 1.37 bits per heavy atom. The highest BCUT2D eigenvalue weighted by Gasteiger charge is 2.24. The average molecular weight is 272 g/mol. The summed E-state index contributed by atoms with van der Waals surface area (Å²) in [6.07, 6.45) is 2.41. The second-order valence-electron chi connectivity index (χ2n) is 4.80. The van der Waals surface area contributed by atoms with Crippen LogP contribution in [-0.2, 0) is 19.1 Å². The predicted octanol–water partition coefficient (Wildman–Crippen LogP) is 0.906. The summed E-state index contributed by atoms with van der Waals surface area (Å²) in [5, 5.41) is 1.19. The maximum atomic E-state index is 11.7. The van der Waals surface area contributed by atoms with Crippen molar-refractivity contribution >= 4 is 18.2 Å². The van der Waals surface area contributed by atoms with Crippen molar-refractivity contribution in [2.45, 2.75) is 46.1 Å². The average Bonchev–Trinajstić information content (AvgIpc) is 2.39. The molecule has 0 saturated heterocycles. The van der Waals surface area contributed by atoms with Gasteiger partial charge in [-0.2, -0.15) is 0 Å². The fraction of sp³-hybridized carbons (Fsp3) is 0.769. The summed E-state index contributed by atoms with van der Waals surface area (Å²) in [7, 11) is 1.30. The minimum Gasteiger partial charge on any atom is -0.468 e. The second-order valence-corrected chi connectivity index (χ2v) is 4.80. The van der Waals surface area contributed by atoms with Gasteiger partial charge in [-0.05, 0) is 18.8 Å². The highest BCUT2D eigenvalue weighted by Crippen LogP contribution is 2.07. The molecule has 0 rings (SSSR count). The third-order valence-corrected chi connectivity index (χ3v) is 2.61. The number of ether oxygens (including phenoxy) is 1. The van der Waals surface area contributed by atoms with Gasteiger partial charge in [0.25, 0.3) is 0 Å². The van der Waals surface area contributed by atoms with Gasteiger partial charge in [0.1, 0.15) is 6.04 Å². The molecule has 0 aliphatic carbocycles. The Labute approximate surface area is 114 Å². The number of amides is 1. The Morgan fingerprint density at radius 2 is 2.00 bits per heavy atom. The molecule has 0 saturated carbocycles. The molecule has 6 nitrogen and oxygen atoms in total. The molecule has 0 unspecified atom stereocenters. The van der Waals surface area contributed by atoms with Crippen LogP contribution in [0, 0.1) is 5.92 Å². The van der Waals surface area contributed by atoms with Crippen LogP contribution < -0.4 is 5.43 Å². The number of esters is 1. The Balaban J connectivity index is 4.75. The molecule has 0 aromatic rings. The Kier molecular flexibility index (Phi) is 8.78. The van der Waals surface area contributed by atoms with Crippen LogP contribution in [-0.4, -0.2) is 42.9 Å². The van der Waals surface area contributed by atoms with Gasteiger partial charge in [-0.3, -0.25) is 19.4 Å². The van der Waals surface area contributed by atoms with Crippen LogP contribution in [0.4, 0.5) is 0 Å². The molecular formula is C13H24N2O4. The van der Waals surface area contributed by atoms with Crippen LogP contribution in [0.5, 0.6) is 0 Å². The molecule has 0 spiro atoms. The summed E-state index contributed by atoms with van der Waals surface area (Å²) in [6.45, 7) is 6.31. The first-order valence-electron chi connectivity index (χ1n) is 6.56. The summed E-state index contributed by atoms with van der Waals surface area (Å²) in [4.78, 5) is 33.8. The van der Waals surface area contributed by atoms with Crippen LogP contribution in [0.25, 0.3) is 0 Å². The fourth-order valence-corrected chi connectivity index (χ4v) is 1.62. The lowest BCUT2D eigenvalue weighted by atomic mass is 10.0. The number of methoxy groups -OCH3 is 1. The first-order chi connectivity index (χ1) is 8.96. The number of hydrogen-bond donors (Lipinski definition) is 1. The molecule has 6 heteroatoms. The van der Waals surface area contributed by atoms with Gasteiger partial charge >= 0.3 is 11.9 Å². The lowest BCUT2D eigenvalue weighted by Crippen LogP contribution is -2.52. The van der Waals surface area contributed by atoms with Crippen LogP contribution in [0.15, 0.2) is 0 Å². The first-order valence-corrected chi connectivity index (χ1v) is 6.56. The van der Waals surface area contributed by atoms with E-state index in [4.69, 9.17) is 4.74 Å². The molecule has 0 aliphatic heterocycles. The van der Waals surface area contributed by atoms with E-state index in [1.54, 1.807) is 0 Å². The summed E-state index contributed by atoms with van der Waals surface area (Å²) < 4.78 is 4.70. The predicted molar refractivity (Wildman–Crippen MR) is 71.1 cm³/mol. The standard InChI is InChI=1S/C13H24N2O4/c1-5-6-7-15(12(17)9-16)14-11(8-10(2)3)13(18)19-4/h9-11,14H,5-8H2,1-4H3/t11-/m0/s1. The van der Waals surface area contributed by atoms with Gasteiger partial charge in [0.05, 0.1) is 7.11 Å². The number of unbranched alkanes of at least 4 members (excludes halogenated alkanes) is 1. The lowest BCUT2D eigenvalue weighted by Gasteiger charge is -2.27. The van der Waals surface area contributed by atoms with Gasteiger partial charge in [-0.25, -0.2) is 5.43 Å². The molecule has 0 aromatic carbocycles. The third kappa shape index (κ3) is 6.91. The zero-order chi connectivity index (χ0) is 14.8. The molecule has 0 heterocycles. The van der Waals surface area contributed by atoms with Crippen molar-refractivity contribution < 1.29 is 19.1 Å². The van der Waals surface area contributed by atoms with Crippen molar-refractivity contribution in [2.75, 3.05) is 13.7 Å². The van der Waals surface area contributed by atoms with E-state index in [-0.39, 0.29) is 12.2 Å². The first kappa shape index (κ1) is 17.6. The molecule has 0 fully saturated rings. The number of rotatable bonds is 9. The number of carbonyl (C=O) groups excluding carboxylic acids is 3. The van der Waals surface area contributed by atoms with E-state index in [0.29, 0.717) is 13.0 Å². The van der Waals surface area contributed by atoms with E-state index >= 15 is 0 Å². The van der Waals surface area contributed by atoms with Crippen LogP contribution in [0.3, 0.4) is 0 Å². The third-order valence-electron chi connectivity index (χ3n) is 2.61.